The topological polar surface area (TPSA) is 65.2 Å². The van der Waals surface area contributed by atoms with Gasteiger partial charge >= 0.3 is 5.97 Å². The van der Waals surface area contributed by atoms with E-state index in [0.717, 1.165) is 6.07 Å². The lowest BCUT2D eigenvalue weighted by Gasteiger charge is -2.11. The summed E-state index contributed by atoms with van der Waals surface area (Å²) in [4.78, 5) is 14.9. The predicted molar refractivity (Wildman–Crippen MR) is 58.9 cm³/mol. The molecule has 0 aliphatic rings. The third-order valence-electron chi connectivity index (χ3n) is 2.15. The average Bonchev–Trinajstić information content (AvgIpc) is 2.30. The molecule has 4 nitrogen and oxygen atoms in total. The fourth-order valence-electron chi connectivity index (χ4n) is 1.27. The number of carbonyl (C=O) groups excluding carboxylic acids is 1. The van der Waals surface area contributed by atoms with E-state index >= 15 is 0 Å². The minimum Gasteiger partial charge on any atom is -0.469 e. The zero-order valence-electron chi connectivity index (χ0n) is 9.04. The van der Waals surface area contributed by atoms with Crippen LogP contribution in [0.5, 0.6) is 0 Å². The molecule has 0 amide bonds. The summed E-state index contributed by atoms with van der Waals surface area (Å²) in [6, 6.07) is 1.09. The molecule has 2 N–H and O–H groups in total. The third-order valence-corrected chi connectivity index (χ3v) is 2.40. The molecule has 7 heteroatoms. The minimum atomic E-state index is -2.76. The summed E-state index contributed by atoms with van der Waals surface area (Å²) in [5.74, 6) is -0.659. The largest absolute Gasteiger partial charge is 0.469 e. The van der Waals surface area contributed by atoms with Gasteiger partial charge in [-0.1, -0.05) is 0 Å². The van der Waals surface area contributed by atoms with Gasteiger partial charge in [-0.25, -0.2) is 8.78 Å². The summed E-state index contributed by atoms with van der Waals surface area (Å²) in [6.07, 6.45) is -3.09. The van der Waals surface area contributed by atoms with E-state index in [1.165, 1.54) is 7.11 Å². The zero-order chi connectivity index (χ0) is 13.0. The van der Waals surface area contributed by atoms with E-state index in [2.05, 4.69) is 9.72 Å². The van der Waals surface area contributed by atoms with E-state index in [1.54, 1.807) is 0 Å². The monoisotopic (exact) mass is 264 g/mol. The number of esters is 1. The number of nitrogens with zero attached hydrogens (tertiary/aromatic N) is 1. The van der Waals surface area contributed by atoms with Crippen LogP contribution >= 0.6 is 11.6 Å². The van der Waals surface area contributed by atoms with Gasteiger partial charge in [0.25, 0.3) is 6.43 Å². The van der Waals surface area contributed by atoms with E-state index in [9.17, 15) is 13.6 Å². The van der Waals surface area contributed by atoms with Crippen LogP contribution in [0.4, 0.5) is 14.5 Å². The number of hydrogen-bond acceptors (Lipinski definition) is 4. The summed E-state index contributed by atoms with van der Waals surface area (Å²) in [5.41, 5.74) is 5.43. The number of hydrogen-bond donors (Lipinski definition) is 1. The number of aromatic nitrogens is 1. The molecule has 0 spiro atoms. The van der Waals surface area contributed by atoms with Gasteiger partial charge in [-0.15, -0.1) is 11.6 Å². The Morgan fingerprint density at radius 1 is 1.59 bits per heavy atom. The van der Waals surface area contributed by atoms with Crippen molar-refractivity contribution in [2.24, 2.45) is 0 Å². The van der Waals surface area contributed by atoms with Crippen molar-refractivity contribution in [3.8, 4) is 0 Å². The van der Waals surface area contributed by atoms with Crippen molar-refractivity contribution < 1.29 is 18.3 Å². The van der Waals surface area contributed by atoms with E-state index in [4.69, 9.17) is 17.3 Å². The molecule has 0 saturated heterocycles. The van der Waals surface area contributed by atoms with Crippen LogP contribution in [-0.4, -0.2) is 18.1 Å². The van der Waals surface area contributed by atoms with Crippen molar-refractivity contribution in [2.75, 3.05) is 12.8 Å². The van der Waals surface area contributed by atoms with E-state index in [1.807, 2.05) is 0 Å². The van der Waals surface area contributed by atoms with Gasteiger partial charge in [0.2, 0.25) is 0 Å². The quantitative estimate of drug-likeness (QED) is 0.668. The number of anilines is 1. The van der Waals surface area contributed by atoms with Crippen molar-refractivity contribution in [3.05, 3.63) is 23.0 Å². The fraction of sp³-hybridized carbons (Fsp3) is 0.400. The van der Waals surface area contributed by atoms with Crippen molar-refractivity contribution in [1.82, 2.24) is 4.98 Å². The molecule has 1 aromatic rings. The normalized spacial score (nSPS) is 10.6. The van der Waals surface area contributed by atoms with Crippen LogP contribution in [-0.2, 0) is 21.8 Å². The number of nitrogens with two attached hydrogens (primary N) is 1. The molecule has 1 rings (SSSR count). The Morgan fingerprint density at radius 3 is 2.71 bits per heavy atom. The molecular weight excluding hydrogens is 254 g/mol. The lowest BCUT2D eigenvalue weighted by Crippen LogP contribution is -2.11. The van der Waals surface area contributed by atoms with Gasteiger partial charge in [-0.3, -0.25) is 9.78 Å². The molecule has 17 heavy (non-hydrogen) atoms. The molecular formula is C10H11ClF2N2O2. The SMILES string of the molecule is COC(=O)Cc1nc(CCl)c(N)cc1C(F)F. The van der Waals surface area contributed by atoms with Gasteiger partial charge in [-0.05, 0) is 6.07 Å². The smallest absolute Gasteiger partial charge is 0.311 e. The Labute approximate surface area is 102 Å². The zero-order valence-corrected chi connectivity index (χ0v) is 9.80. The number of nitrogen functional groups attached to an aromatic ring is 1. The van der Waals surface area contributed by atoms with Crippen LogP contribution in [0.1, 0.15) is 23.4 Å². The first kappa shape index (κ1) is 13.6. The summed E-state index contributed by atoms with van der Waals surface area (Å²) in [5, 5.41) is 0. The van der Waals surface area contributed by atoms with E-state index in [-0.39, 0.29) is 34.9 Å². The molecule has 0 aliphatic carbocycles. The number of carbonyl (C=O) groups is 1. The van der Waals surface area contributed by atoms with Crippen molar-refractivity contribution in [2.45, 2.75) is 18.7 Å². The highest BCUT2D eigenvalue weighted by Crippen LogP contribution is 2.26. The molecule has 0 unspecified atom stereocenters. The van der Waals surface area contributed by atoms with Crippen LogP contribution in [0.15, 0.2) is 6.07 Å². The van der Waals surface area contributed by atoms with Crippen LogP contribution in [0.2, 0.25) is 0 Å². The third kappa shape index (κ3) is 3.26. The van der Waals surface area contributed by atoms with Gasteiger partial charge in [-0.2, -0.15) is 0 Å². The Kier molecular flexibility index (Phi) is 4.62. The highest BCUT2D eigenvalue weighted by atomic mass is 35.5. The Balaban J connectivity index is 3.19. The first-order chi connectivity index (χ1) is 7.99. The summed E-state index contributed by atoms with van der Waals surface area (Å²) >= 11 is 5.56. The summed E-state index contributed by atoms with van der Waals surface area (Å²) in [6.45, 7) is 0. The molecule has 0 aromatic carbocycles. The number of ether oxygens (including phenoxy) is 1. The predicted octanol–water partition coefficient (Wildman–Crippen LogP) is 2.06. The fourth-order valence-corrected chi connectivity index (χ4v) is 1.49. The van der Waals surface area contributed by atoms with Crippen LogP contribution < -0.4 is 5.73 Å². The molecule has 1 aromatic heterocycles. The van der Waals surface area contributed by atoms with Gasteiger partial charge in [0.1, 0.15) is 0 Å². The molecule has 0 aliphatic heterocycles. The lowest BCUT2D eigenvalue weighted by atomic mass is 10.1. The molecule has 0 bridgehead atoms. The molecule has 94 valence electrons. The average molecular weight is 265 g/mol. The number of methoxy groups -OCH3 is 1. The molecule has 0 atom stereocenters. The maximum atomic E-state index is 12.7. The molecule has 0 fully saturated rings. The van der Waals surface area contributed by atoms with Gasteiger partial charge < -0.3 is 10.5 Å². The standard InChI is InChI=1S/C10H11ClF2N2O2/c1-17-9(16)3-7-5(10(12)13)2-6(14)8(4-11)15-7/h2,10H,3-4,14H2,1H3. The van der Waals surface area contributed by atoms with Crippen molar-refractivity contribution in [3.63, 3.8) is 0 Å². The number of alkyl halides is 3. The maximum absolute atomic E-state index is 12.7. The Morgan fingerprint density at radius 2 is 2.24 bits per heavy atom. The summed E-state index contributed by atoms with van der Waals surface area (Å²) in [7, 11) is 1.17. The first-order valence-electron chi connectivity index (χ1n) is 4.68. The van der Waals surface area contributed by atoms with Gasteiger partial charge in [0.05, 0.1) is 36.5 Å². The van der Waals surface area contributed by atoms with Crippen LogP contribution in [0.3, 0.4) is 0 Å². The maximum Gasteiger partial charge on any atom is 0.311 e. The second kappa shape index (κ2) is 5.77. The lowest BCUT2D eigenvalue weighted by molar-refractivity contribution is -0.139. The summed E-state index contributed by atoms with van der Waals surface area (Å²) < 4.78 is 29.8. The Bertz CT molecular complexity index is 427. The number of rotatable bonds is 4. The highest BCUT2D eigenvalue weighted by Gasteiger charge is 2.19. The van der Waals surface area contributed by atoms with Crippen molar-refractivity contribution in [1.29, 1.82) is 0 Å². The molecule has 0 radical (unpaired) electrons. The first-order valence-corrected chi connectivity index (χ1v) is 5.22. The number of halogens is 3. The van der Waals surface area contributed by atoms with E-state index < -0.39 is 12.4 Å². The highest BCUT2D eigenvalue weighted by molar-refractivity contribution is 6.17. The second-order valence-electron chi connectivity index (χ2n) is 3.25. The Hall–Kier alpha value is -1.43. The molecule has 1 heterocycles. The molecule has 0 saturated carbocycles. The van der Waals surface area contributed by atoms with Gasteiger partial charge in [0.15, 0.2) is 0 Å². The second-order valence-corrected chi connectivity index (χ2v) is 3.51. The minimum absolute atomic E-state index is 0.0104. The number of pyridine rings is 1. The van der Waals surface area contributed by atoms with Gasteiger partial charge in [0, 0.05) is 5.56 Å². The van der Waals surface area contributed by atoms with E-state index in [0.29, 0.717) is 0 Å². The van der Waals surface area contributed by atoms with Crippen molar-refractivity contribution >= 4 is 23.3 Å². The van der Waals surface area contributed by atoms with Crippen LogP contribution in [0, 0.1) is 0 Å². The van der Waals surface area contributed by atoms with Crippen LogP contribution in [0.25, 0.3) is 0 Å².